The maximum atomic E-state index is 6.09. The van der Waals surface area contributed by atoms with Crippen molar-refractivity contribution >= 4 is 23.2 Å². The molecule has 2 rings (SSSR count). The summed E-state index contributed by atoms with van der Waals surface area (Å²) in [5.74, 6) is 1.39. The zero-order chi connectivity index (χ0) is 6.43. The van der Waals surface area contributed by atoms with Crippen molar-refractivity contribution in [3.8, 4) is 0 Å². The highest BCUT2D eigenvalue weighted by molar-refractivity contribution is 6.25. The molecule has 2 bridgehead atoms. The van der Waals surface area contributed by atoms with E-state index in [9.17, 15) is 0 Å². The molecular weight excluding hydrogens is 155 g/mol. The molecule has 0 heterocycles. The first-order chi connectivity index (χ1) is 4.29. The summed E-state index contributed by atoms with van der Waals surface area (Å²) in [5.41, 5.74) is 0. The molecule has 0 amide bonds. The van der Waals surface area contributed by atoms with E-state index in [1.165, 1.54) is 19.3 Å². The minimum Gasteiger partial charge on any atom is -0.123 e. The normalized spacial score (nSPS) is 56.7. The van der Waals surface area contributed by atoms with Gasteiger partial charge in [-0.25, -0.2) is 0 Å². The summed E-state index contributed by atoms with van der Waals surface area (Å²) < 4.78 is 0. The lowest BCUT2D eigenvalue weighted by atomic mass is 10.0. The van der Waals surface area contributed by atoms with Crippen molar-refractivity contribution < 1.29 is 0 Å². The lowest BCUT2D eigenvalue weighted by Gasteiger charge is -2.13. The van der Waals surface area contributed by atoms with Crippen LogP contribution >= 0.6 is 23.2 Å². The van der Waals surface area contributed by atoms with Crippen molar-refractivity contribution in [3.63, 3.8) is 0 Å². The average Bonchev–Trinajstić information content (AvgIpc) is 2.25. The third-order valence-electron chi connectivity index (χ3n) is 2.72. The molecule has 0 nitrogen and oxygen atoms in total. The first-order valence-electron chi connectivity index (χ1n) is 3.57. The van der Waals surface area contributed by atoms with Crippen molar-refractivity contribution in [1.82, 2.24) is 0 Å². The molecular formula is C7H10Cl2. The van der Waals surface area contributed by atoms with E-state index in [1.807, 2.05) is 0 Å². The topological polar surface area (TPSA) is 0 Å². The standard InChI is InChI=1S/C7H10Cl2/c8-6-3-4-1-2-5(6)7(4)9/h4-7H,1-3H2/t4-,5+,6-,7+/m1/s1. The SMILES string of the molecule is Cl[C@H]1[C@@H]2CC[C@H]1[C@H](Cl)C2. The summed E-state index contributed by atoms with van der Waals surface area (Å²) in [6.45, 7) is 0. The summed E-state index contributed by atoms with van der Waals surface area (Å²) in [5, 5.41) is 0.804. The fraction of sp³-hybridized carbons (Fsp3) is 1.00. The van der Waals surface area contributed by atoms with E-state index in [2.05, 4.69) is 0 Å². The monoisotopic (exact) mass is 164 g/mol. The second-order valence-corrected chi connectivity index (χ2v) is 4.26. The van der Waals surface area contributed by atoms with Crippen molar-refractivity contribution in [2.45, 2.75) is 30.0 Å². The molecule has 0 N–H and O–H groups in total. The number of alkyl halides is 2. The van der Waals surface area contributed by atoms with E-state index in [-0.39, 0.29) is 0 Å². The quantitative estimate of drug-likeness (QED) is 0.484. The van der Waals surface area contributed by atoms with E-state index >= 15 is 0 Å². The molecule has 0 aromatic heterocycles. The fourth-order valence-corrected chi connectivity index (χ4v) is 3.28. The molecule has 0 aliphatic heterocycles. The van der Waals surface area contributed by atoms with E-state index < -0.39 is 0 Å². The Morgan fingerprint density at radius 2 is 1.89 bits per heavy atom. The summed E-state index contributed by atoms with van der Waals surface area (Å²) in [7, 11) is 0. The molecule has 0 aromatic carbocycles. The van der Waals surface area contributed by atoms with Crippen LogP contribution in [0.3, 0.4) is 0 Å². The molecule has 2 fully saturated rings. The fourth-order valence-electron chi connectivity index (χ4n) is 2.17. The molecule has 0 aromatic rings. The highest BCUT2D eigenvalue weighted by Gasteiger charge is 2.46. The van der Waals surface area contributed by atoms with Crippen LogP contribution in [0.4, 0.5) is 0 Å². The lowest BCUT2D eigenvalue weighted by molar-refractivity contribution is 0.487. The van der Waals surface area contributed by atoms with Gasteiger partial charge >= 0.3 is 0 Å². The van der Waals surface area contributed by atoms with Gasteiger partial charge in [-0.05, 0) is 31.1 Å². The predicted octanol–water partition coefficient (Wildman–Crippen LogP) is 2.63. The molecule has 52 valence electrons. The summed E-state index contributed by atoms with van der Waals surface area (Å²) >= 11 is 12.1. The third-order valence-corrected chi connectivity index (χ3v) is 3.90. The minimum atomic E-state index is 0.395. The molecule has 2 heteroatoms. The van der Waals surface area contributed by atoms with Crippen molar-refractivity contribution in [2.75, 3.05) is 0 Å². The second kappa shape index (κ2) is 2.03. The maximum absolute atomic E-state index is 6.09. The first kappa shape index (κ1) is 6.30. The van der Waals surface area contributed by atoms with Gasteiger partial charge in [0.25, 0.3) is 0 Å². The van der Waals surface area contributed by atoms with Crippen LogP contribution in [-0.2, 0) is 0 Å². The predicted molar refractivity (Wildman–Crippen MR) is 40.1 cm³/mol. The maximum Gasteiger partial charge on any atom is 0.0407 e. The summed E-state index contributed by atoms with van der Waals surface area (Å²) in [6.07, 6.45) is 3.76. The molecule has 0 unspecified atom stereocenters. The Hall–Kier alpha value is 0.580. The van der Waals surface area contributed by atoms with E-state index in [0.29, 0.717) is 16.7 Å². The average molecular weight is 165 g/mol. The summed E-state index contributed by atoms with van der Waals surface area (Å²) in [6, 6.07) is 0. The van der Waals surface area contributed by atoms with Gasteiger partial charge < -0.3 is 0 Å². The number of rotatable bonds is 0. The first-order valence-corrected chi connectivity index (χ1v) is 4.44. The largest absolute Gasteiger partial charge is 0.123 e. The lowest BCUT2D eigenvalue weighted by Crippen LogP contribution is -2.11. The van der Waals surface area contributed by atoms with E-state index in [1.54, 1.807) is 0 Å². The van der Waals surface area contributed by atoms with Gasteiger partial charge in [0.15, 0.2) is 0 Å². The third kappa shape index (κ3) is 0.798. The van der Waals surface area contributed by atoms with Gasteiger partial charge in [0, 0.05) is 10.8 Å². The molecule has 0 saturated heterocycles. The van der Waals surface area contributed by atoms with Gasteiger partial charge in [0.1, 0.15) is 0 Å². The van der Waals surface area contributed by atoms with Crippen LogP contribution in [0, 0.1) is 11.8 Å². The minimum absolute atomic E-state index is 0.395. The Kier molecular flexibility index (Phi) is 1.42. The molecule has 2 aliphatic rings. The van der Waals surface area contributed by atoms with E-state index in [0.717, 1.165) is 5.92 Å². The number of halogens is 2. The Morgan fingerprint density at radius 3 is 2.11 bits per heavy atom. The Labute approximate surface area is 65.5 Å². The second-order valence-electron chi connectivity index (χ2n) is 3.20. The van der Waals surface area contributed by atoms with Crippen LogP contribution in [0.2, 0.25) is 0 Å². The Morgan fingerprint density at radius 1 is 1.11 bits per heavy atom. The van der Waals surface area contributed by atoms with Crippen molar-refractivity contribution in [3.05, 3.63) is 0 Å². The van der Waals surface area contributed by atoms with Crippen molar-refractivity contribution in [2.24, 2.45) is 11.8 Å². The van der Waals surface area contributed by atoms with Crippen LogP contribution in [0.15, 0.2) is 0 Å². The van der Waals surface area contributed by atoms with Crippen LogP contribution in [0.1, 0.15) is 19.3 Å². The smallest absolute Gasteiger partial charge is 0.0407 e. The van der Waals surface area contributed by atoms with Crippen LogP contribution < -0.4 is 0 Å². The Bertz CT molecular complexity index is 124. The van der Waals surface area contributed by atoms with Gasteiger partial charge in [0.05, 0.1) is 0 Å². The Balaban J connectivity index is 2.16. The van der Waals surface area contributed by atoms with Crippen LogP contribution in [-0.4, -0.2) is 10.8 Å². The van der Waals surface area contributed by atoms with Crippen molar-refractivity contribution in [1.29, 1.82) is 0 Å². The van der Waals surface area contributed by atoms with Crippen LogP contribution in [0.5, 0.6) is 0 Å². The van der Waals surface area contributed by atoms with Gasteiger partial charge in [0.2, 0.25) is 0 Å². The molecule has 2 aliphatic carbocycles. The number of hydrogen-bond acceptors (Lipinski definition) is 0. The van der Waals surface area contributed by atoms with Gasteiger partial charge in [-0.3, -0.25) is 0 Å². The highest BCUT2D eigenvalue weighted by atomic mass is 35.5. The molecule has 4 atom stereocenters. The van der Waals surface area contributed by atoms with Gasteiger partial charge in [-0.15, -0.1) is 23.2 Å². The number of hydrogen-bond donors (Lipinski definition) is 0. The zero-order valence-corrected chi connectivity index (χ0v) is 6.70. The van der Waals surface area contributed by atoms with Gasteiger partial charge in [-0.2, -0.15) is 0 Å². The van der Waals surface area contributed by atoms with Crippen LogP contribution in [0.25, 0.3) is 0 Å². The van der Waals surface area contributed by atoms with E-state index in [4.69, 9.17) is 23.2 Å². The highest BCUT2D eigenvalue weighted by Crippen LogP contribution is 2.49. The summed E-state index contributed by atoms with van der Waals surface area (Å²) in [4.78, 5) is 0. The molecule has 2 saturated carbocycles. The zero-order valence-electron chi connectivity index (χ0n) is 5.19. The van der Waals surface area contributed by atoms with Gasteiger partial charge in [-0.1, -0.05) is 0 Å². The molecule has 0 spiro atoms. The molecule has 9 heavy (non-hydrogen) atoms. The molecule has 0 radical (unpaired) electrons. The number of fused-ring (bicyclic) bond motifs is 2.